The first-order chi connectivity index (χ1) is 16.8. The monoisotopic (exact) mass is 475 g/mol. The van der Waals surface area contributed by atoms with Crippen LogP contribution in [0.15, 0.2) is 42.6 Å². The molecule has 35 heavy (non-hydrogen) atoms. The SMILES string of the molecule is COc1ccc2c(c1CCN1CCC(NC(=O)c3ccc4cc[nH]c4c3)CC1)OC(C)(C)CC2=O. The summed E-state index contributed by atoms with van der Waals surface area (Å²) in [6.45, 7) is 6.56. The number of piperidine rings is 1. The van der Waals surface area contributed by atoms with E-state index in [1.807, 2.05) is 56.4 Å². The number of rotatable bonds is 6. The number of nitrogens with one attached hydrogen (secondary N) is 2. The van der Waals surface area contributed by atoms with Crippen molar-refractivity contribution in [3.63, 3.8) is 0 Å². The number of hydrogen-bond acceptors (Lipinski definition) is 5. The number of H-pyrrole nitrogens is 1. The molecule has 7 nitrogen and oxygen atoms in total. The minimum Gasteiger partial charge on any atom is -0.496 e. The number of aromatic nitrogens is 1. The largest absolute Gasteiger partial charge is 0.496 e. The van der Waals surface area contributed by atoms with Crippen molar-refractivity contribution in [3.8, 4) is 11.5 Å². The van der Waals surface area contributed by atoms with E-state index < -0.39 is 5.60 Å². The van der Waals surface area contributed by atoms with Crippen molar-refractivity contribution in [2.45, 2.75) is 51.2 Å². The summed E-state index contributed by atoms with van der Waals surface area (Å²) in [6.07, 6.45) is 4.81. The molecule has 1 fully saturated rings. The van der Waals surface area contributed by atoms with E-state index in [-0.39, 0.29) is 17.7 Å². The number of amides is 1. The zero-order valence-corrected chi connectivity index (χ0v) is 20.6. The number of ether oxygens (including phenoxy) is 2. The molecule has 1 aromatic heterocycles. The Balaban J connectivity index is 1.19. The second kappa shape index (κ2) is 9.38. The number of aromatic amines is 1. The van der Waals surface area contributed by atoms with Crippen LogP contribution in [0.3, 0.4) is 0 Å². The van der Waals surface area contributed by atoms with E-state index in [0.29, 0.717) is 23.3 Å². The molecule has 3 aromatic rings. The quantitative estimate of drug-likeness (QED) is 0.554. The number of benzene rings is 2. The van der Waals surface area contributed by atoms with Gasteiger partial charge in [0.05, 0.1) is 19.1 Å². The number of likely N-dealkylation sites (tertiary alicyclic amines) is 1. The fourth-order valence-corrected chi connectivity index (χ4v) is 5.20. The first-order valence-electron chi connectivity index (χ1n) is 12.4. The highest BCUT2D eigenvalue weighted by molar-refractivity contribution is 6.01. The Bertz CT molecular complexity index is 1250. The average molecular weight is 476 g/mol. The Morgan fingerprint density at radius 3 is 2.77 bits per heavy atom. The van der Waals surface area contributed by atoms with E-state index >= 15 is 0 Å². The highest BCUT2D eigenvalue weighted by atomic mass is 16.5. The summed E-state index contributed by atoms with van der Waals surface area (Å²) in [5.74, 6) is 1.53. The van der Waals surface area contributed by atoms with Crippen molar-refractivity contribution in [2.24, 2.45) is 0 Å². The molecule has 0 aliphatic carbocycles. The van der Waals surface area contributed by atoms with E-state index in [1.54, 1.807) is 7.11 Å². The van der Waals surface area contributed by atoms with Gasteiger partial charge in [0.15, 0.2) is 5.78 Å². The van der Waals surface area contributed by atoms with Crippen LogP contribution in [0.25, 0.3) is 10.9 Å². The predicted molar refractivity (Wildman–Crippen MR) is 136 cm³/mol. The summed E-state index contributed by atoms with van der Waals surface area (Å²) in [5.41, 5.74) is 2.74. The maximum Gasteiger partial charge on any atom is 0.251 e. The third-order valence-electron chi connectivity index (χ3n) is 7.12. The van der Waals surface area contributed by atoms with Gasteiger partial charge in [-0.15, -0.1) is 0 Å². The van der Waals surface area contributed by atoms with Crippen LogP contribution in [0.2, 0.25) is 0 Å². The lowest BCUT2D eigenvalue weighted by Gasteiger charge is -2.35. The number of ketones is 1. The van der Waals surface area contributed by atoms with E-state index in [2.05, 4.69) is 15.2 Å². The molecule has 1 saturated heterocycles. The van der Waals surface area contributed by atoms with Gasteiger partial charge in [-0.1, -0.05) is 6.07 Å². The molecule has 0 radical (unpaired) electrons. The first-order valence-corrected chi connectivity index (χ1v) is 12.4. The van der Waals surface area contributed by atoms with Gasteiger partial charge in [-0.3, -0.25) is 9.59 Å². The molecular formula is C28H33N3O4. The topological polar surface area (TPSA) is 83.7 Å². The van der Waals surface area contributed by atoms with Crippen LogP contribution in [0.1, 0.15) is 59.4 Å². The summed E-state index contributed by atoms with van der Waals surface area (Å²) in [4.78, 5) is 31.0. The maximum atomic E-state index is 12.8. The molecule has 2 aliphatic heterocycles. The van der Waals surface area contributed by atoms with Crippen molar-refractivity contribution in [1.29, 1.82) is 0 Å². The molecule has 5 rings (SSSR count). The molecule has 0 atom stereocenters. The maximum absolute atomic E-state index is 12.8. The van der Waals surface area contributed by atoms with Crippen LogP contribution < -0.4 is 14.8 Å². The second-order valence-electron chi connectivity index (χ2n) is 10.2. The highest BCUT2D eigenvalue weighted by Gasteiger charge is 2.35. The van der Waals surface area contributed by atoms with Gasteiger partial charge in [0, 0.05) is 48.5 Å². The van der Waals surface area contributed by atoms with Crippen LogP contribution in [-0.4, -0.2) is 60.0 Å². The highest BCUT2D eigenvalue weighted by Crippen LogP contribution is 2.40. The Morgan fingerprint density at radius 2 is 2.00 bits per heavy atom. The molecule has 0 bridgehead atoms. The third-order valence-corrected chi connectivity index (χ3v) is 7.12. The molecule has 1 amide bonds. The van der Waals surface area contributed by atoms with Crippen molar-refractivity contribution in [3.05, 3.63) is 59.3 Å². The average Bonchev–Trinajstić information content (AvgIpc) is 3.30. The minimum absolute atomic E-state index is 0.0231. The van der Waals surface area contributed by atoms with Gasteiger partial charge in [-0.05, 0) is 68.8 Å². The molecule has 7 heteroatoms. The molecule has 3 heterocycles. The Morgan fingerprint density at radius 1 is 1.20 bits per heavy atom. The molecule has 2 aromatic carbocycles. The molecular weight excluding hydrogens is 442 g/mol. The van der Waals surface area contributed by atoms with Crippen molar-refractivity contribution < 1.29 is 19.1 Å². The molecule has 0 unspecified atom stereocenters. The van der Waals surface area contributed by atoms with Crippen LogP contribution >= 0.6 is 0 Å². The lowest BCUT2D eigenvalue weighted by Crippen LogP contribution is -2.45. The summed E-state index contributed by atoms with van der Waals surface area (Å²) in [7, 11) is 1.66. The van der Waals surface area contributed by atoms with Crippen molar-refractivity contribution in [2.75, 3.05) is 26.7 Å². The smallest absolute Gasteiger partial charge is 0.251 e. The molecule has 2 N–H and O–H groups in total. The van der Waals surface area contributed by atoms with Gasteiger partial charge in [0.1, 0.15) is 17.1 Å². The Hall–Kier alpha value is -3.32. The predicted octanol–water partition coefficient (Wildman–Crippen LogP) is 4.36. The zero-order valence-electron chi connectivity index (χ0n) is 20.6. The number of hydrogen-bond donors (Lipinski definition) is 2. The minimum atomic E-state index is -0.521. The van der Waals surface area contributed by atoms with E-state index in [0.717, 1.165) is 61.1 Å². The number of carbonyl (C=O) groups is 2. The number of fused-ring (bicyclic) bond motifs is 2. The summed E-state index contributed by atoms with van der Waals surface area (Å²) < 4.78 is 11.9. The summed E-state index contributed by atoms with van der Waals surface area (Å²) in [5, 5.41) is 4.30. The standard InChI is InChI=1S/C28H33N3O4/c1-28(2)17-24(32)21-6-7-25(34-3)22(26(21)35-28)11-15-31-13-9-20(10-14-31)30-27(33)19-5-4-18-8-12-29-23(18)16-19/h4-8,12,16,20,29H,9-11,13-15,17H2,1-3H3,(H,30,33). The van der Waals surface area contributed by atoms with Gasteiger partial charge in [-0.2, -0.15) is 0 Å². The van der Waals surface area contributed by atoms with Gasteiger partial charge in [-0.25, -0.2) is 0 Å². The van der Waals surface area contributed by atoms with Crippen molar-refractivity contribution >= 4 is 22.6 Å². The van der Waals surface area contributed by atoms with Gasteiger partial charge in [0.25, 0.3) is 5.91 Å². The summed E-state index contributed by atoms with van der Waals surface area (Å²) in [6, 6.07) is 11.6. The van der Waals surface area contributed by atoms with Gasteiger partial charge < -0.3 is 24.7 Å². The number of carbonyl (C=O) groups excluding carboxylic acids is 2. The number of nitrogens with zero attached hydrogens (tertiary/aromatic N) is 1. The van der Waals surface area contributed by atoms with E-state index in [9.17, 15) is 9.59 Å². The molecule has 184 valence electrons. The van der Waals surface area contributed by atoms with Crippen LogP contribution in [0.4, 0.5) is 0 Å². The lowest BCUT2D eigenvalue weighted by molar-refractivity contribution is 0.0609. The Kier molecular flexibility index (Phi) is 6.28. The van der Waals surface area contributed by atoms with Crippen molar-refractivity contribution in [1.82, 2.24) is 15.2 Å². The zero-order chi connectivity index (χ0) is 24.6. The number of Topliss-reactive ketones (excluding diaryl/α,β-unsaturated/α-hetero) is 1. The van der Waals surface area contributed by atoms with Crippen LogP contribution in [-0.2, 0) is 6.42 Å². The molecule has 0 spiro atoms. The van der Waals surface area contributed by atoms with Crippen LogP contribution in [0.5, 0.6) is 11.5 Å². The normalized spacial score (nSPS) is 18.2. The van der Waals surface area contributed by atoms with E-state index in [1.165, 1.54) is 0 Å². The fraction of sp³-hybridized carbons (Fsp3) is 0.429. The van der Waals surface area contributed by atoms with E-state index in [4.69, 9.17) is 9.47 Å². The van der Waals surface area contributed by atoms with Crippen LogP contribution in [0, 0.1) is 0 Å². The Labute approximate surface area is 205 Å². The molecule has 2 aliphatic rings. The van der Waals surface area contributed by atoms with Gasteiger partial charge in [0.2, 0.25) is 0 Å². The third kappa shape index (κ3) is 4.91. The first kappa shape index (κ1) is 23.4. The lowest BCUT2D eigenvalue weighted by atomic mass is 9.90. The summed E-state index contributed by atoms with van der Waals surface area (Å²) >= 11 is 0. The second-order valence-corrected chi connectivity index (χ2v) is 10.2. The van der Waals surface area contributed by atoms with Gasteiger partial charge >= 0.3 is 0 Å². The number of methoxy groups -OCH3 is 1. The fourth-order valence-electron chi connectivity index (χ4n) is 5.20. The molecule has 0 saturated carbocycles.